The Hall–Kier alpha value is -2.47. The van der Waals surface area contributed by atoms with Crippen molar-refractivity contribution in [2.75, 3.05) is 13.1 Å². The van der Waals surface area contributed by atoms with Crippen LogP contribution in [0.3, 0.4) is 0 Å². The molecule has 1 amide bonds. The van der Waals surface area contributed by atoms with Crippen molar-refractivity contribution in [1.82, 2.24) is 15.1 Å². The van der Waals surface area contributed by atoms with E-state index in [9.17, 15) is 4.79 Å². The highest BCUT2D eigenvalue weighted by Crippen LogP contribution is 2.30. The Balaban J connectivity index is 1.43. The Labute approximate surface area is 150 Å². The van der Waals surface area contributed by atoms with Crippen LogP contribution in [-0.2, 0) is 11.2 Å². The third-order valence-corrected chi connectivity index (χ3v) is 5.35. The van der Waals surface area contributed by atoms with Crippen molar-refractivity contribution in [2.45, 2.75) is 25.2 Å². The number of likely N-dealkylation sites (tertiary alicyclic amines) is 1. The molecule has 1 atom stereocenters. The van der Waals surface area contributed by atoms with Crippen LogP contribution in [0.25, 0.3) is 10.8 Å². The van der Waals surface area contributed by atoms with Gasteiger partial charge in [-0.15, -0.1) is 21.5 Å². The van der Waals surface area contributed by atoms with Crippen molar-refractivity contribution < 1.29 is 9.21 Å². The maximum absolute atomic E-state index is 12.6. The van der Waals surface area contributed by atoms with E-state index in [4.69, 9.17) is 4.42 Å². The molecule has 4 rings (SSSR count). The third kappa shape index (κ3) is 3.64. The van der Waals surface area contributed by atoms with E-state index in [1.165, 1.54) is 0 Å². The zero-order chi connectivity index (χ0) is 17.1. The quantitative estimate of drug-likeness (QED) is 0.717. The maximum Gasteiger partial charge on any atom is 0.257 e. The number of nitrogens with zero attached hydrogens (tertiary/aromatic N) is 3. The Morgan fingerprint density at radius 1 is 1.20 bits per heavy atom. The van der Waals surface area contributed by atoms with Gasteiger partial charge in [-0.25, -0.2) is 0 Å². The lowest BCUT2D eigenvalue weighted by Gasteiger charge is -2.31. The van der Waals surface area contributed by atoms with E-state index >= 15 is 0 Å². The van der Waals surface area contributed by atoms with Crippen molar-refractivity contribution in [3.8, 4) is 10.8 Å². The van der Waals surface area contributed by atoms with Crippen molar-refractivity contribution >= 4 is 17.2 Å². The van der Waals surface area contributed by atoms with Gasteiger partial charge in [0.05, 0.1) is 17.2 Å². The summed E-state index contributed by atoms with van der Waals surface area (Å²) in [6.07, 6.45) is 2.38. The summed E-state index contributed by atoms with van der Waals surface area (Å²) in [5, 5.41) is 10.4. The fourth-order valence-electron chi connectivity index (χ4n) is 3.19. The van der Waals surface area contributed by atoms with E-state index in [1.54, 1.807) is 11.3 Å². The van der Waals surface area contributed by atoms with E-state index in [-0.39, 0.29) is 11.8 Å². The molecule has 0 aliphatic carbocycles. The molecule has 2 aromatic heterocycles. The van der Waals surface area contributed by atoms with Crippen LogP contribution in [0.4, 0.5) is 0 Å². The lowest BCUT2D eigenvalue weighted by Crippen LogP contribution is -2.40. The molecule has 0 N–H and O–H groups in total. The summed E-state index contributed by atoms with van der Waals surface area (Å²) in [6.45, 7) is 1.45. The SMILES string of the molecule is O=C(Cc1ccccc1)N1CCCC(c2nnc(-c3cccs3)o2)C1. The standard InChI is InChI=1S/C19H19N3O2S/c23-17(12-14-6-2-1-3-7-14)22-10-4-8-15(13-22)18-20-21-19(24-18)16-9-5-11-25-16/h1-3,5-7,9,11,15H,4,8,10,12-13H2. The van der Waals surface area contributed by atoms with Crippen LogP contribution in [0.2, 0.25) is 0 Å². The summed E-state index contributed by atoms with van der Waals surface area (Å²) in [5.41, 5.74) is 1.05. The molecule has 0 spiro atoms. The van der Waals surface area contributed by atoms with Gasteiger partial charge in [0.15, 0.2) is 0 Å². The Bertz CT molecular complexity index is 829. The minimum Gasteiger partial charge on any atom is -0.420 e. The topological polar surface area (TPSA) is 59.2 Å². The van der Waals surface area contributed by atoms with Gasteiger partial charge >= 0.3 is 0 Å². The van der Waals surface area contributed by atoms with Gasteiger partial charge in [0.1, 0.15) is 0 Å². The van der Waals surface area contributed by atoms with E-state index < -0.39 is 0 Å². The summed E-state index contributed by atoms with van der Waals surface area (Å²) in [4.78, 5) is 15.5. The van der Waals surface area contributed by atoms with E-state index in [1.807, 2.05) is 52.7 Å². The molecule has 1 aliphatic rings. The molecule has 6 heteroatoms. The third-order valence-electron chi connectivity index (χ3n) is 4.49. The fraction of sp³-hybridized carbons (Fsp3) is 0.316. The normalized spacial score (nSPS) is 17.6. The average molecular weight is 353 g/mol. The zero-order valence-corrected chi connectivity index (χ0v) is 14.6. The molecular weight excluding hydrogens is 334 g/mol. The number of carbonyl (C=O) groups excluding carboxylic acids is 1. The minimum absolute atomic E-state index is 0.120. The number of thiophene rings is 1. The molecule has 1 aromatic carbocycles. The molecule has 3 heterocycles. The van der Waals surface area contributed by atoms with Gasteiger partial charge in [-0.05, 0) is 29.9 Å². The number of aromatic nitrogens is 2. The first kappa shape index (κ1) is 16.0. The summed E-state index contributed by atoms with van der Waals surface area (Å²) in [5.74, 6) is 1.49. The highest BCUT2D eigenvalue weighted by atomic mass is 32.1. The van der Waals surface area contributed by atoms with Gasteiger partial charge in [0.2, 0.25) is 11.8 Å². The molecule has 5 nitrogen and oxygen atoms in total. The monoisotopic (exact) mass is 353 g/mol. The highest BCUT2D eigenvalue weighted by molar-refractivity contribution is 7.13. The molecule has 1 aliphatic heterocycles. The van der Waals surface area contributed by atoms with E-state index in [0.717, 1.165) is 29.8 Å². The fourth-order valence-corrected chi connectivity index (χ4v) is 3.83. The Morgan fingerprint density at radius 2 is 2.08 bits per heavy atom. The van der Waals surface area contributed by atoms with Crippen molar-refractivity contribution in [3.05, 3.63) is 59.3 Å². The van der Waals surface area contributed by atoms with Gasteiger partial charge in [0.25, 0.3) is 5.89 Å². The largest absolute Gasteiger partial charge is 0.420 e. The van der Waals surface area contributed by atoms with Crippen LogP contribution < -0.4 is 0 Å². The van der Waals surface area contributed by atoms with Crippen LogP contribution in [0.5, 0.6) is 0 Å². The summed E-state index contributed by atoms with van der Waals surface area (Å²) < 4.78 is 5.86. The molecule has 0 radical (unpaired) electrons. The minimum atomic E-state index is 0.120. The zero-order valence-electron chi connectivity index (χ0n) is 13.8. The Kier molecular flexibility index (Phi) is 4.61. The van der Waals surface area contributed by atoms with Gasteiger partial charge < -0.3 is 9.32 Å². The molecule has 1 unspecified atom stereocenters. The predicted octanol–water partition coefficient (Wildman–Crippen LogP) is 3.75. The molecule has 1 fully saturated rings. The van der Waals surface area contributed by atoms with Crippen LogP contribution in [0.15, 0.2) is 52.3 Å². The van der Waals surface area contributed by atoms with Crippen LogP contribution in [0.1, 0.15) is 30.2 Å². The molecular formula is C19H19N3O2S. The van der Waals surface area contributed by atoms with E-state index in [2.05, 4.69) is 10.2 Å². The predicted molar refractivity (Wildman–Crippen MR) is 96.3 cm³/mol. The molecule has 0 saturated carbocycles. The lowest BCUT2D eigenvalue weighted by molar-refractivity contribution is -0.131. The number of rotatable bonds is 4. The van der Waals surface area contributed by atoms with Crippen molar-refractivity contribution in [2.24, 2.45) is 0 Å². The van der Waals surface area contributed by atoms with Crippen molar-refractivity contribution in [1.29, 1.82) is 0 Å². The molecule has 3 aromatic rings. The number of hydrogen-bond donors (Lipinski definition) is 0. The second-order valence-electron chi connectivity index (χ2n) is 6.26. The first-order valence-corrected chi connectivity index (χ1v) is 9.36. The molecule has 1 saturated heterocycles. The van der Waals surface area contributed by atoms with Gasteiger partial charge in [-0.2, -0.15) is 0 Å². The van der Waals surface area contributed by atoms with Crippen molar-refractivity contribution in [3.63, 3.8) is 0 Å². The van der Waals surface area contributed by atoms with Gasteiger partial charge in [-0.3, -0.25) is 4.79 Å². The summed E-state index contributed by atoms with van der Waals surface area (Å²) in [6, 6.07) is 13.8. The maximum atomic E-state index is 12.6. The van der Waals surface area contributed by atoms with E-state index in [0.29, 0.717) is 24.7 Å². The van der Waals surface area contributed by atoms with Gasteiger partial charge in [-0.1, -0.05) is 36.4 Å². The smallest absolute Gasteiger partial charge is 0.257 e. The first-order chi connectivity index (χ1) is 12.3. The second-order valence-corrected chi connectivity index (χ2v) is 7.21. The number of hydrogen-bond acceptors (Lipinski definition) is 5. The summed E-state index contributed by atoms with van der Waals surface area (Å²) in [7, 11) is 0. The average Bonchev–Trinajstić information content (AvgIpc) is 3.34. The number of piperidine rings is 1. The highest BCUT2D eigenvalue weighted by Gasteiger charge is 2.28. The first-order valence-electron chi connectivity index (χ1n) is 8.48. The Morgan fingerprint density at radius 3 is 2.88 bits per heavy atom. The van der Waals surface area contributed by atoms with Crippen LogP contribution >= 0.6 is 11.3 Å². The molecule has 128 valence electrons. The van der Waals surface area contributed by atoms with Gasteiger partial charge in [0, 0.05) is 13.1 Å². The van der Waals surface area contributed by atoms with Crippen LogP contribution in [-0.4, -0.2) is 34.1 Å². The molecule has 0 bridgehead atoms. The second kappa shape index (κ2) is 7.19. The number of carbonyl (C=O) groups is 1. The number of benzene rings is 1. The molecule has 25 heavy (non-hydrogen) atoms. The lowest BCUT2D eigenvalue weighted by atomic mass is 9.97. The summed E-state index contributed by atoms with van der Waals surface area (Å²) >= 11 is 1.58. The van der Waals surface area contributed by atoms with Crippen LogP contribution in [0, 0.1) is 0 Å². The number of amides is 1.